The Bertz CT molecular complexity index is 470. The van der Waals surface area contributed by atoms with Gasteiger partial charge in [0.1, 0.15) is 5.82 Å². The first-order chi connectivity index (χ1) is 7.74. The Morgan fingerprint density at radius 3 is 2.81 bits per heavy atom. The number of nitrogens with zero attached hydrogens (tertiary/aromatic N) is 2. The zero-order valence-electron chi connectivity index (χ0n) is 9.32. The van der Waals surface area contributed by atoms with Crippen molar-refractivity contribution in [2.45, 2.75) is 20.3 Å². The van der Waals surface area contributed by atoms with Crippen LogP contribution in [-0.2, 0) is 6.42 Å². The van der Waals surface area contributed by atoms with Gasteiger partial charge in [0.2, 0.25) is 0 Å². The van der Waals surface area contributed by atoms with Gasteiger partial charge in [0.25, 0.3) is 0 Å². The van der Waals surface area contributed by atoms with Crippen LogP contribution >= 0.6 is 0 Å². The lowest BCUT2D eigenvalue weighted by molar-refractivity contribution is 0.575. The standard InChI is InChI=1S/C11H14N4O/c1-3-8-6-9(15-12)14-11(13-8)10-7(2)4-5-16-10/h4-6H,3,12H2,1-2H3,(H,13,14,15). The Morgan fingerprint density at radius 1 is 1.44 bits per heavy atom. The van der Waals surface area contributed by atoms with E-state index in [-0.39, 0.29) is 0 Å². The lowest BCUT2D eigenvalue weighted by Gasteiger charge is -2.05. The minimum Gasteiger partial charge on any atom is -0.461 e. The molecule has 5 heteroatoms. The van der Waals surface area contributed by atoms with Gasteiger partial charge in [-0.2, -0.15) is 0 Å². The lowest BCUT2D eigenvalue weighted by Crippen LogP contribution is -2.10. The quantitative estimate of drug-likeness (QED) is 0.607. The highest BCUT2D eigenvalue weighted by Gasteiger charge is 2.10. The number of nitrogens with one attached hydrogen (secondary N) is 1. The first-order valence-corrected chi connectivity index (χ1v) is 5.13. The summed E-state index contributed by atoms with van der Waals surface area (Å²) in [7, 11) is 0. The number of aromatic nitrogens is 2. The molecular weight excluding hydrogens is 204 g/mol. The molecule has 0 atom stereocenters. The zero-order valence-corrected chi connectivity index (χ0v) is 9.32. The average molecular weight is 218 g/mol. The normalized spacial score (nSPS) is 10.4. The molecule has 0 fully saturated rings. The number of rotatable bonds is 3. The van der Waals surface area contributed by atoms with E-state index < -0.39 is 0 Å². The molecule has 0 spiro atoms. The first kappa shape index (κ1) is 10.6. The summed E-state index contributed by atoms with van der Waals surface area (Å²) < 4.78 is 5.36. The minimum atomic E-state index is 0.565. The van der Waals surface area contributed by atoms with Crippen LogP contribution < -0.4 is 11.3 Å². The number of nitrogen functional groups attached to an aromatic ring is 1. The van der Waals surface area contributed by atoms with Crippen LogP contribution in [0, 0.1) is 6.92 Å². The summed E-state index contributed by atoms with van der Waals surface area (Å²) in [4.78, 5) is 8.66. The number of hydrogen-bond acceptors (Lipinski definition) is 5. The van der Waals surface area contributed by atoms with Crippen molar-refractivity contribution < 1.29 is 4.42 Å². The smallest absolute Gasteiger partial charge is 0.198 e. The summed E-state index contributed by atoms with van der Waals surface area (Å²) in [5.41, 5.74) is 4.47. The molecule has 2 rings (SSSR count). The Labute approximate surface area is 93.7 Å². The fourth-order valence-electron chi connectivity index (χ4n) is 1.46. The third-order valence-corrected chi connectivity index (χ3v) is 2.35. The van der Waals surface area contributed by atoms with Crippen LogP contribution in [0.25, 0.3) is 11.6 Å². The van der Waals surface area contributed by atoms with Gasteiger partial charge in [-0.1, -0.05) is 6.92 Å². The van der Waals surface area contributed by atoms with Crippen LogP contribution in [0.3, 0.4) is 0 Å². The molecule has 0 aliphatic heterocycles. The van der Waals surface area contributed by atoms with E-state index in [2.05, 4.69) is 15.4 Å². The van der Waals surface area contributed by atoms with Crippen molar-refractivity contribution in [1.29, 1.82) is 0 Å². The van der Waals surface area contributed by atoms with Crippen molar-refractivity contribution in [3.05, 3.63) is 29.7 Å². The van der Waals surface area contributed by atoms with Gasteiger partial charge >= 0.3 is 0 Å². The predicted molar refractivity (Wildman–Crippen MR) is 61.7 cm³/mol. The first-order valence-electron chi connectivity index (χ1n) is 5.13. The van der Waals surface area contributed by atoms with Gasteiger partial charge in [-0.05, 0) is 25.0 Å². The second-order valence-electron chi connectivity index (χ2n) is 3.50. The fraction of sp³-hybridized carbons (Fsp3) is 0.273. The minimum absolute atomic E-state index is 0.565. The van der Waals surface area contributed by atoms with E-state index in [0.29, 0.717) is 17.4 Å². The number of furan rings is 1. The summed E-state index contributed by atoms with van der Waals surface area (Å²) in [6.07, 6.45) is 2.45. The molecule has 2 aromatic heterocycles. The Morgan fingerprint density at radius 2 is 2.25 bits per heavy atom. The molecule has 2 aromatic rings. The number of hydrazine groups is 1. The molecule has 0 unspecified atom stereocenters. The van der Waals surface area contributed by atoms with Gasteiger partial charge in [0.05, 0.1) is 6.26 Å². The van der Waals surface area contributed by atoms with E-state index in [1.165, 1.54) is 0 Å². The van der Waals surface area contributed by atoms with Crippen molar-refractivity contribution in [2.24, 2.45) is 5.84 Å². The molecule has 84 valence electrons. The molecular formula is C11H14N4O. The van der Waals surface area contributed by atoms with Gasteiger partial charge in [-0.15, -0.1) is 0 Å². The molecule has 16 heavy (non-hydrogen) atoms. The molecule has 5 nitrogen and oxygen atoms in total. The fourth-order valence-corrected chi connectivity index (χ4v) is 1.46. The van der Waals surface area contributed by atoms with Crippen molar-refractivity contribution >= 4 is 5.82 Å². The molecule has 0 aliphatic carbocycles. The largest absolute Gasteiger partial charge is 0.461 e. The SMILES string of the molecule is CCc1cc(NN)nc(-c2occc2C)n1. The molecule has 0 aromatic carbocycles. The highest BCUT2D eigenvalue weighted by molar-refractivity contribution is 5.55. The second kappa shape index (κ2) is 4.32. The Hall–Kier alpha value is -1.88. The Kier molecular flexibility index (Phi) is 2.87. The van der Waals surface area contributed by atoms with E-state index in [1.807, 2.05) is 26.0 Å². The maximum Gasteiger partial charge on any atom is 0.198 e. The van der Waals surface area contributed by atoms with Gasteiger partial charge in [0.15, 0.2) is 11.6 Å². The van der Waals surface area contributed by atoms with Gasteiger partial charge < -0.3 is 9.84 Å². The maximum atomic E-state index is 5.36. The highest BCUT2D eigenvalue weighted by Crippen LogP contribution is 2.22. The molecule has 0 bridgehead atoms. The van der Waals surface area contributed by atoms with Gasteiger partial charge in [-0.25, -0.2) is 15.8 Å². The summed E-state index contributed by atoms with van der Waals surface area (Å²) in [6, 6.07) is 3.70. The molecule has 0 amide bonds. The van der Waals surface area contributed by atoms with Crippen LogP contribution in [0.1, 0.15) is 18.2 Å². The van der Waals surface area contributed by atoms with Crippen LogP contribution in [0.5, 0.6) is 0 Å². The van der Waals surface area contributed by atoms with Crippen molar-refractivity contribution in [2.75, 3.05) is 5.43 Å². The van der Waals surface area contributed by atoms with E-state index in [9.17, 15) is 0 Å². The average Bonchev–Trinajstić information content (AvgIpc) is 2.74. The third kappa shape index (κ3) is 1.90. The summed E-state index contributed by atoms with van der Waals surface area (Å²) in [5.74, 6) is 7.21. The predicted octanol–water partition coefficient (Wildman–Crippen LogP) is 1.89. The maximum absolute atomic E-state index is 5.36. The number of aryl methyl sites for hydroxylation is 2. The van der Waals surface area contributed by atoms with Crippen LogP contribution in [0.2, 0.25) is 0 Å². The number of nitrogens with two attached hydrogens (primary N) is 1. The van der Waals surface area contributed by atoms with Crippen molar-refractivity contribution in [3.8, 4) is 11.6 Å². The van der Waals surface area contributed by atoms with Crippen molar-refractivity contribution in [1.82, 2.24) is 9.97 Å². The lowest BCUT2D eigenvalue weighted by atomic mass is 10.2. The number of hydrogen-bond donors (Lipinski definition) is 2. The van der Waals surface area contributed by atoms with Crippen LogP contribution in [-0.4, -0.2) is 9.97 Å². The number of anilines is 1. The van der Waals surface area contributed by atoms with E-state index in [1.54, 1.807) is 6.26 Å². The third-order valence-electron chi connectivity index (χ3n) is 2.35. The molecule has 0 radical (unpaired) electrons. The molecule has 2 heterocycles. The Balaban J connectivity index is 2.52. The monoisotopic (exact) mass is 218 g/mol. The van der Waals surface area contributed by atoms with Gasteiger partial charge in [-0.3, -0.25) is 0 Å². The zero-order chi connectivity index (χ0) is 11.5. The second-order valence-corrected chi connectivity index (χ2v) is 3.50. The summed E-state index contributed by atoms with van der Waals surface area (Å²) in [6.45, 7) is 3.98. The molecule has 0 saturated heterocycles. The molecule has 3 N–H and O–H groups in total. The van der Waals surface area contributed by atoms with Gasteiger partial charge in [0, 0.05) is 11.8 Å². The van der Waals surface area contributed by atoms with Crippen LogP contribution in [0.4, 0.5) is 5.82 Å². The summed E-state index contributed by atoms with van der Waals surface area (Å²) in [5, 5.41) is 0. The topological polar surface area (TPSA) is 77.0 Å². The molecule has 0 aliphatic rings. The van der Waals surface area contributed by atoms with Crippen molar-refractivity contribution in [3.63, 3.8) is 0 Å². The van der Waals surface area contributed by atoms with E-state index in [0.717, 1.165) is 17.7 Å². The van der Waals surface area contributed by atoms with E-state index in [4.69, 9.17) is 10.3 Å². The highest BCUT2D eigenvalue weighted by atomic mass is 16.3. The van der Waals surface area contributed by atoms with Crippen LogP contribution in [0.15, 0.2) is 22.8 Å². The summed E-state index contributed by atoms with van der Waals surface area (Å²) >= 11 is 0. The van der Waals surface area contributed by atoms with E-state index >= 15 is 0 Å². The molecule has 0 saturated carbocycles.